The molecule has 0 saturated heterocycles. The first kappa shape index (κ1) is 18.2. The van der Waals surface area contributed by atoms with E-state index in [9.17, 15) is 0 Å². The monoisotopic (exact) mass is 363 g/mol. The minimum atomic E-state index is 0.321. The van der Waals surface area contributed by atoms with Crippen molar-refractivity contribution in [2.75, 3.05) is 20.2 Å². The van der Waals surface area contributed by atoms with Gasteiger partial charge in [0.05, 0.1) is 6.54 Å². The number of rotatable bonds is 8. The Morgan fingerprint density at radius 1 is 1.36 bits per heavy atom. The van der Waals surface area contributed by atoms with Crippen LogP contribution >= 0.6 is 11.6 Å². The van der Waals surface area contributed by atoms with Gasteiger partial charge in [0, 0.05) is 30.1 Å². The average molecular weight is 364 g/mol. The molecule has 0 aliphatic heterocycles. The normalized spacial score (nSPS) is 19.9. The number of ether oxygens (including phenoxy) is 1. The van der Waals surface area contributed by atoms with Crippen LogP contribution in [0.4, 0.5) is 0 Å². The van der Waals surface area contributed by atoms with Crippen molar-refractivity contribution in [2.24, 2.45) is 5.73 Å². The molecule has 6 nitrogen and oxygen atoms in total. The van der Waals surface area contributed by atoms with Gasteiger partial charge >= 0.3 is 0 Å². The molecule has 25 heavy (non-hydrogen) atoms. The van der Waals surface area contributed by atoms with Crippen molar-refractivity contribution in [3.8, 4) is 5.75 Å². The van der Waals surface area contributed by atoms with E-state index in [-0.39, 0.29) is 0 Å². The second-order valence-corrected chi connectivity index (χ2v) is 7.13. The molecular weight excluding hydrogens is 338 g/mol. The van der Waals surface area contributed by atoms with Gasteiger partial charge in [0.1, 0.15) is 24.0 Å². The van der Waals surface area contributed by atoms with Crippen molar-refractivity contribution in [1.29, 1.82) is 0 Å². The van der Waals surface area contributed by atoms with Crippen LogP contribution < -0.4 is 10.5 Å². The maximum atomic E-state index is 5.96. The third kappa shape index (κ3) is 4.51. The first-order valence-corrected chi connectivity index (χ1v) is 9.19. The van der Waals surface area contributed by atoms with E-state index >= 15 is 0 Å². The van der Waals surface area contributed by atoms with E-state index in [1.807, 2.05) is 24.3 Å². The number of nitrogens with zero attached hydrogens (tertiary/aromatic N) is 4. The number of hydrogen-bond donors (Lipinski definition) is 1. The Morgan fingerprint density at radius 3 is 2.84 bits per heavy atom. The van der Waals surface area contributed by atoms with Gasteiger partial charge in [-0.2, -0.15) is 0 Å². The number of benzene rings is 1. The third-order valence-corrected chi connectivity index (χ3v) is 4.90. The second-order valence-electron chi connectivity index (χ2n) is 6.69. The van der Waals surface area contributed by atoms with Gasteiger partial charge in [-0.05, 0) is 45.0 Å². The summed E-state index contributed by atoms with van der Waals surface area (Å²) in [4.78, 5) is 2.19. The summed E-state index contributed by atoms with van der Waals surface area (Å²) in [7, 11) is 2.06. The summed E-state index contributed by atoms with van der Waals surface area (Å²) >= 11 is 5.96. The van der Waals surface area contributed by atoms with Gasteiger partial charge in [-0.25, -0.2) is 0 Å². The molecule has 1 aliphatic carbocycles. The van der Waals surface area contributed by atoms with Gasteiger partial charge in [0.15, 0.2) is 0 Å². The summed E-state index contributed by atoms with van der Waals surface area (Å²) < 4.78 is 7.98. The van der Waals surface area contributed by atoms with E-state index in [1.165, 1.54) is 0 Å². The van der Waals surface area contributed by atoms with Crippen LogP contribution in [-0.2, 0) is 13.1 Å². The highest BCUT2D eigenvalue weighted by Gasteiger charge is 2.32. The van der Waals surface area contributed by atoms with Crippen LogP contribution in [0.15, 0.2) is 24.3 Å². The van der Waals surface area contributed by atoms with E-state index < -0.39 is 0 Å². The zero-order valence-electron chi connectivity index (χ0n) is 14.9. The van der Waals surface area contributed by atoms with Crippen molar-refractivity contribution < 1.29 is 4.74 Å². The Bertz CT molecular complexity index is 699. The fraction of sp³-hybridized carbons (Fsp3) is 0.556. The van der Waals surface area contributed by atoms with Gasteiger partial charge in [-0.15, -0.1) is 10.2 Å². The van der Waals surface area contributed by atoms with E-state index in [0.717, 1.165) is 49.9 Å². The molecule has 0 unspecified atom stereocenters. The molecule has 2 N–H and O–H groups in total. The predicted octanol–water partition coefficient (Wildman–Crippen LogP) is 2.67. The Labute approximate surface area is 153 Å². The molecule has 0 amide bonds. The standard InChI is InChI=1S/C18H26ClN5O/c1-3-24-17(21-22-18(24)13-9-15(20)10-13)12-23(2)7-8-25-16-6-4-5-14(19)11-16/h4-6,11,13,15H,3,7-10,12,20H2,1-2H3. The van der Waals surface area contributed by atoms with Crippen molar-refractivity contribution in [3.63, 3.8) is 0 Å². The quantitative estimate of drug-likeness (QED) is 0.780. The highest BCUT2D eigenvalue weighted by Crippen LogP contribution is 2.34. The van der Waals surface area contributed by atoms with E-state index in [4.69, 9.17) is 22.1 Å². The second kappa shape index (κ2) is 8.17. The maximum Gasteiger partial charge on any atom is 0.147 e. The maximum absolute atomic E-state index is 5.96. The van der Waals surface area contributed by atoms with Gasteiger partial charge < -0.3 is 15.0 Å². The van der Waals surface area contributed by atoms with Crippen LogP contribution in [0, 0.1) is 0 Å². The lowest BCUT2D eigenvalue weighted by molar-refractivity contribution is 0.227. The van der Waals surface area contributed by atoms with Crippen molar-refractivity contribution >= 4 is 11.6 Å². The van der Waals surface area contributed by atoms with E-state index in [0.29, 0.717) is 23.6 Å². The topological polar surface area (TPSA) is 69.2 Å². The van der Waals surface area contributed by atoms with Crippen LogP contribution in [0.5, 0.6) is 5.75 Å². The number of halogens is 1. The minimum Gasteiger partial charge on any atom is -0.492 e. The van der Waals surface area contributed by atoms with Gasteiger partial charge in [-0.1, -0.05) is 17.7 Å². The van der Waals surface area contributed by atoms with Crippen LogP contribution in [0.2, 0.25) is 5.02 Å². The van der Waals surface area contributed by atoms with Crippen molar-refractivity contribution in [3.05, 3.63) is 40.9 Å². The Morgan fingerprint density at radius 2 is 2.16 bits per heavy atom. The summed E-state index contributed by atoms with van der Waals surface area (Å²) in [6.07, 6.45) is 2.03. The molecule has 1 saturated carbocycles. The molecule has 136 valence electrons. The molecule has 1 fully saturated rings. The lowest BCUT2D eigenvalue weighted by Crippen LogP contribution is -2.36. The molecule has 2 aromatic rings. The molecule has 7 heteroatoms. The zero-order valence-corrected chi connectivity index (χ0v) is 15.6. The molecule has 1 heterocycles. The van der Waals surface area contributed by atoms with E-state index in [1.54, 1.807) is 0 Å². The van der Waals surface area contributed by atoms with Crippen molar-refractivity contribution in [2.45, 2.75) is 44.8 Å². The van der Waals surface area contributed by atoms with E-state index in [2.05, 4.69) is 33.6 Å². The SMILES string of the molecule is CCn1c(CN(C)CCOc2cccc(Cl)c2)nnc1C1CC(N)C1. The van der Waals surface area contributed by atoms with Gasteiger partial charge in [0.2, 0.25) is 0 Å². The first-order valence-electron chi connectivity index (χ1n) is 8.81. The highest BCUT2D eigenvalue weighted by atomic mass is 35.5. The Balaban J connectivity index is 1.51. The molecule has 0 atom stereocenters. The van der Waals surface area contributed by atoms with Crippen LogP contribution in [0.3, 0.4) is 0 Å². The molecule has 0 spiro atoms. The molecule has 1 aliphatic rings. The van der Waals surface area contributed by atoms with Crippen LogP contribution in [0.1, 0.15) is 37.3 Å². The number of hydrogen-bond acceptors (Lipinski definition) is 5. The number of nitrogens with two attached hydrogens (primary N) is 1. The Kier molecular flexibility index (Phi) is 5.93. The number of aromatic nitrogens is 3. The molecular formula is C18H26ClN5O. The summed E-state index contributed by atoms with van der Waals surface area (Å²) in [6, 6.07) is 7.78. The fourth-order valence-corrected chi connectivity index (χ4v) is 3.36. The summed E-state index contributed by atoms with van der Waals surface area (Å²) in [5, 5.41) is 9.51. The molecule has 1 aromatic carbocycles. The van der Waals surface area contributed by atoms with Crippen LogP contribution in [-0.4, -0.2) is 45.9 Å². The highest BCUT2D eigenvalue weighted by molar-refractivity contribution is 6.30. The minimum absolute atomic E-state index is 0.321. The lowest BCUT2D eigenvalue weighted by atomic mass is 9.80. The first-order chi connectivity index (χ1) is 12.1. The predicted molar refractivity (Wildman–Crippen MR) is 98.9 cm³/mol. The Hall–Kier alpha value is -1.63. The zero-order chi connectivity index (χ0) is 17.8. The van der Waals surface area contributed by atoms with Gasteiger partial charge in [0.25, 0.3) is 0 Å². The van der Waals surface area contributed by atoms with Gasteiger partial charge in [-0.3, -0.25) is 4.90 Å². The molecule has 0 bridgehead atoms. The molecule has 3 rings (SSSR count). The summed E-state index contributed by atoms with van der Waals surface area (Å²) in [5.41, 5.74) is 5.91. The molecule has 0 radical (unpaired) electrons. The third-order valence-electron chi connectivity index (χ3n) is 4.66. The number of likely N-dealkylation sites (N-methyl/N-ethyl adjacent to an activating group) is 1. The molecule has 1 aromatic heterocycles. The van der Waals surface area contributed by atoms with Crippen LogP contribution in [0.25, 0.3) is 0 Å². The van der Waals surface area contributed by atoms with Crippen molar-refractivity contribution in [1.82, 2.24) is 19.7 Å². The summed E-state index contributed by atoms with van der Waals surface area (Å²) in [6.45, 7) is 5.17. The smallest absolute Gasteiger partial charge is 0.147 e. The average Bonchev–Trinajstić information content (AvgIpc) is 2.94. The summed E-state index contributed by atoms with van der Waals surface area (Å²) in [5.74, 6) is 3.35. The fourth-order valence-electron chi connectivity index (χ4n) is 3.18. The lowest BCUT2D eigenvalue weighted by Gasteiger charge is -2.31. The largest absolute Gasteiger partial charge is 0.492 e.